The van der Waals surface area contributed by atoms with E-state index in [1.807, 2.05) is 0 Å². The van der Waals surface area contributed by atoms with Gasteiger partial charge in [0.05, 0.1) is 5.03 Å². The molecule has 1 rings (SSSR count). The second kappa shape index (κ2) is 2.72. The molecule has 0 radical (unpaired) electrons. The summed E-state index contributed by atoms with van der Waals surface area (Å²) >= 11 is 10.8. The van der Waals surface area contributed by atoms with Crippen LogP contribution in [0.15, 0.2) is 11.1 Å². The largest absolute Gasteiger partial charge is 0.293 e. The molecule has 54 valence electrons. The molecule has 1 aliphatic rings. The Morgan fingerprint density at radius 1 is 1.50 bits per heavy atom. The van der Waals surface area contributed by atoms with Gasteiger partial charge in [0.15, 0.2) is 11.6 Å². The summed E-state index contributed by atoms with van der Waals surface area (Å²) in [4.78, 5) is 21.4. The average Bonchev–Trinajstić information content (AvgIpc) is 1.84. The Bertz CT molecular complexity index is 220. The lowest BCUT2D eigenvalue weighted by molar-refractivity contribution is -0.121. The zero-order valence-corrected chi connectivity index (χ0v) is 6.45. The van der Waals surface area contributed by atoms with E-state index in [0.29, 0.717) is 0 Å². The predicted molar refractivity (Wildman–Crippen MR) is 38.2 cm³/mol. The van der Waals surface area contributed by atoms with Gasteiger partial charge >= 0.3 is 0 Å². The fourth-order valence-corrected chi connectivity index (χ4v) is 1.04. The average molecular weight is 179 g/mol. The number of allylic oxidation sites excluding steroid dienone is 2. The van der Waals surface area contributed by atoms with Gasteiger partial charge in [-0.2, -0.15) is 0 Å². The minimum atomic E-state index is -0.713. The zero-order chi connectivity index (χ0) is 7.72. The standard InChI is InChI=1S/C6H4Cl2O2/c7-3-1-5(9)4(8)2-6(3)10/h1,4H,2H2. The third kappa shape index (κ3) is 1.39. The SMILES string of the molecule is O=C1CC(Cl)C(=O)C=C1Cl. The number of ketones is 2. The van der Waals surface area contributed by atoms with E-state index in [1.165, 1.54) is 0 Å². The molecule has 0 aliphatic heterocycles. The lowest BCUT2D eigenvalue weighted by Gasteiger charge is -2.09. The maximum absolute atomic E-state index is 10.7. The molecule has 2 nitrogen and oxygen atoms in total. The molecule has 1 unspecified atom stereocenters. The van der Waals surface area contributed by atoms with Crippen molar-refractivity contribution in [3.8, 4) is 0 Å². The molecule has 4 heteroatoms. The van der Waals surface area contributed by atoms with Crippen molar-refractivity contribution < 1.29 is 9.59 Å². The van der Waals surface area contributed by atoms with E-state index in [-0.39, 0.29) is 23.0 Å². The Kier molecular flexibility index (Phi) is 2.11. The molecule has 0 spiro atoms. The summed E-state index contributed by atoms with van der Waals surface area (Å²) in [5.41, 5.74) is 0. The zero-order valence-electron chi connectivity index (χ0n) is 4.93. The minimum Gasteiger partial charge on any atom is -0.293 e. The van der Waals surface area contributed by atoms with Crippen molar-refractivity contribution in [3.63, 3.8) is 0 Å². The molecule has 1 atom stereocenters. The molecule has 10 heavy (non-hydrogen) atoms. The third-order valence-electron chi connectivity index (χ3n) is 1.21. The fourth-order valence-electron chi connectivity index (χ4n) is 0.657. The monoisotopic (exact) mass is 178 g/mol. The Morgan fingerprint density at radius 2 is 2.10 bits per heavy atom. The van der Waals surface area contributed by atoms with Crippen LogP contribution in [0.1, 0.15) is 6.42 Å². The van der Waals surface area contributed by atoms with E-state index in [2.05, 4.69) is 0 Å². The van der Waals surface area contributed by atoms with Crippen molar-refractivity contribution >= 4 is 34.8 Å². The van der Waals surface area contributed by atoms with Crippen LogP contribution in [-0.4, -0.2) is 16.9 Å². The van der Waals surface area contributed by atoms with Gasteiger partial charge in [0.1, 0.15) is 5.38 Å². The molecule has 0 amide bonds. The fraction of sp³-hybridized carbons (Fsp3) is 0.333. The first-order chi connectivity index (χ1) is 4.61. The predicted octanol–water partition coefficient (Wildman–Crippen LogP) is 1.26. The quantitative estimate of drug-likeness (QED) is 0.524. The highest BCUT2D eigenvalue weighted by atomic mass is 35.5. The van der Waals surface area contributed by atoms with Gasteiger partial charge in [0.2, 0.25) is 0 Å². The van der Waals surface area contributed by atoms with Gasteiger partial charge in [-0.15, -0.1) is 11.6 Å². The van der Waals surface area contributed by atoms with Gasteiger partial charge in [-0.05, 0) is 0 Å². The van der Waals surface area contributed by atoms with Crippen LogP contribution >= 0.6 is 23.2 Å². The van der Waals surface area contributed by atoms with Crippen LogP contribution in [0.3, 0.4) is 0 Å². The highest BCUT2D eigenvalue weighted by Crippen LogP contribution is 2.18. The first-order valence-electron chi connectivity index (χ1n) is 2.69. The number of hydrogen-bond acceptors (Lipinski definition) is 2. The van der Waals surface area contributed by atoms with Crippen molar-refractivity contribution in [3.05, 3.63) is 11.1 Å². The van der Waals surface area contributed by atoms with Gasteiger partial charge in [-0.1, -0.05) is 11.6 Å². The molecular weight excluding hydrogens is 175 g/mol. The molecule has 0 aromatic carbocycles. The Morgan fingerprint density at radius 3 is 2.60 bits per heavy atom. The van der Waals surface area contributed by atoms with Crippen molar-refractivity contribution in [2.45, 2.75) is 11.8 Å². The lowest BCUT2D eigenvalue weighted by Crippen LogP contribution is -2.22. The van der Waals surface area contributed by atoms with Crippen LogP contribution in [-0.2, 0) is 9.59 Å². The van der Waals surface area contributed by atoms with Crippen LogP contribution in [0.4, 0.5) is 0 Å². The van der Waals surface area contributed by atoms with Gasteiger partial charge < -0.3 is 0 Å². The molecular formula is C6H4Cl2O2. The smallest absolute Gasteiger partial charge is 0.176 e. The second-order valence-corrected chi connectivity index (χ2v) is 2.92. The van der Waals surface area contributed by atoms with Crippen molar-refractivity contribution in [2.75, 3.05) is 0 Å². The Labute approximate surface area is 67.8 Å². The molecule has 0 aromatic heterocycles. The number of rotatable bonds is 0. The summed E-state index contributed by atoms with van der Waals surface area (Å²) < 4.78 is 0. The summed E-state index contributed by atoms with van der Waals surface area (Å²) in [6.45, 7) is 0. The van der Waals surface area contributed by atoms with E-state index in [4.69, 9.17) is 23.2 Å². The van der Waals surface area contributed by atoms with Gasteiger partial charge in [-0.3, -0.25) is 9.59 Å². The summed E-state index contributed by atoms with van der Waals surface area (Å²) in [7, 11) is 0. The summed E-state index contributed by atoms with van der Waals surface area (Å²) in [6.07, 6.45) is 1.10. The normalized spacial score (nSPS) is 26.6. The number of halogens is 2. The number of alkyl halides is 1. The maximum atomic E-state index is 10.7. The molecule has 1 aliphatic carbocycles. The van der Waals surface area contributed by atoms with E-state index < -0.39 is 5.38 Å². The number of carbonyl (C=O) groups is 2. The topological polar surface area (TPSA) is 34.1 Å². The minimum absolute atomic E-state index is 0.0121. The molecule has 0 aromatic rings. The van der Waals surface area contributed by atoms with Gasteiger partial charge in [-0.25, -0.2) is 0 Å². The van der Waals surface area contributed by atoms with Crippen molar-refractivity contribution in [1.29, 1.82) is 0 Å². The van der Waals surface area contributed by atoms with Gasteiger partial charge in [0, 0.05) is 12.5 Å². The first kappa shape index (κ1) is 7.76. The van der Waals surface area contributed by atoms with E-state index in [1.54, 1.807) is 0 Å². The van der Waals surface area contributed by atoms with Crippen LogP contribution in [0.2, 0.25) is 0 Å². The van der Waals surface area contributed by atoms with Crippen molar-refractivity contribution in [2.24, 2.45) is 0 Å². The van der Waals surface area contributed by atoms with E-state index >= 15 is 0 Å². The van der Waals surface area contributed by atoms with Gasteiger partial charge in [0.25, 0.3) is 0 Å². The molecule has 0 saturated carbocycles. The summed E-state index contributed by atoms with van der Waals surface area (Å²) in [6, 6.07) is 0. The Balaban J connectivity index is 2.90. The highest BCUT2D eigenvalue weighted by molar-refractivity contribution is 6.48. The molecule has 0 bridgehead atoms. The first-order valence-corrected chi connectivity index (χ1v) is 3.51. The lowest BCUT2D eigenvalue weighted by atomic mass is 10.1. The number of hydrogen-bond donors (Lipinski definition) is 0. The summed E-state index contributed by atoms with van der Waals surface area (Å²) in [5.74, 6) is -0.549. The highest BCUT2D eigenvalue weighted by Gasteiger charge is 2.25. The molecule has 0 saturated heterocycles. The van der Waals surface area contributed by atoms with Crippen LogP contribution in [0.5, 0.6) is 0 Å². The maximum Gasteiger partial charge on any atom is 0.176 e. The Hall–Kier alpha value is -0.340. The van der Waals surface area contributed by atoms with Crippen LogP contribution in [0, 0.1) is 0 Å². The molecule has 0 N–H and O–H groups in total. The molecule has 0 fully saturated rings. The number of Topliss-reactive ketones (excluding diaryl/α,β-unsaturated/α-hetero) is 1. The second-order valence-electron chi connectivity index (χ2n) is 1.99. The van der Waals surface area contributed by atoms with E-state index in [0.717, 1.165) is 6.08 Å². The number of carbonyl (C=O) groups excluding carboxylic acids is 2. The van der Waals surface area contributed by atoms with Crippen LogP contribution in [0.25, 0.3) is 0 Å². The summed E-state index contributed by atoms with van der Waals surface area (Å²) in [5, 5.41) is -0.725. The van der Waals surface area contributed by atoms with E-state index in [9.17, 15) is 9.59 Å². The molecule has 0 heterocycles. The van der Waals surface area contributed by atoms with Crippen LogP contribution < -0.4 is 0 Å². The van der Waals surface area contributed by atoms with Crippen molar-refractivity contribution in [1.82, 2.24) is 0 Å². The third-order valence-corrected chi connectivity index (χ3v) is 1.90.